The van der Waals surface area contributed by atoms with Gasteiger partial charge < -0.3 is 9.64 Å². The van der Waals surface area contributed by atoms with Crippen molar-refractivity contribution < 1.29 is 4.74 Å². The summed E-state index contributed by atoms with van der Waals surface area (Å²) in [7, 11) is 1.72. The van der Waals surface area contributed by atoms with Gasteiger partial charge in [-0.15, -0.1) is 0 Å². The third-order valence-corrected chi connectivity index (χ3v) is 3.35. The summed E-state index contributed by atoms with van der Waals surface area (Å²) in [6, 6.07) is 1.65. The molecule has 1 saturated heterocycles. The van der Waals surface area contributed by atoms with Crippen LogP contribution in [0.25, 0.3) is 0 Å². The molecule has 1 aromatic heterocycles. The Bertz CT molecular complexity index is 435. The normalized spacial score (nSPS) is 19.9. The molecule has 0 saturated carbocycles. The summed E-state index contributed by atoms with van der Waals surface area (Å²) in [6.07, 6.45) is 3.02. The van der Waals surface area contributed by atoms with Crippen molar-refractivity contribution in [3.05, 3.63) is 22.6 Å². The molecule has 6 heteroatoms. The number of ether oxygens (including phenoxy) is 1. The molecule has 1 atom stereocenters. The topological polar surface area (TPSA) is 47.4 Å². The quantitative estimate of drug-likeness (QED) is 0.774. The van der Waals surface area contributed by atoms with Crippen molar-refractivity contribution in [1.29, 1.82) is 0 Å². The average Bonchev–Trinajstić information content (AvgIpc) is 2.80. The van der Waals surface area contributed by atoms with E-state index in [4.69, 9.17) is 4.74 Å². The highest BCUT2D eigenvalue weighted by Crippen LogP contribution is 2.19. The van der Waals surface area contributed by atoms with Gasteiger partial charge >= 0.3 is 0 Å². The summed E-state index contributed by atoms with van der Waals surface area (Å²) < 4.78 is 6.76. The van der Waals surface area contributed by atoms with E-state index < -0.39 is 0 Å². The summed E-state index contributed by atoms with van der Waals surface area (Å²) in [5, 5.41) is 4.89. The van der Waals surface area contributed by atoms with Crippen LogP contribution < -0.4 is 10.5 Å². The Hall–Kier alpha value is -0.880. The van der Waals surface area contributed by atoms with Crippen LogP contribution in [0.3, 0.4) is 0 Å². The molecule has 5 nitrogen and oxygen atoms in total. The maximum Gasteiger partial charge on any atom is 0.268 e. The van der Waals surface area contributed by atoms with Crippen molar-refractivity contribution in [2.45, 2.75) is 19.1 Å². The van der Waals surface area contributed by atoms with E-state index in [1.54, 1.807) is 19.4 Å². The van der Waals surface area contributed by atoms with Crippen LogP contribution in [-0.2, 0) is 11.3 Å². The lowest BCUT2D eigenvalue weighted by molar-refractivity contribution is 0.121. The monoisotopic (exact) mass is 301 g/mol. The van der Waals surface area contributed by atoms with Crippen LogP contribution in [0.15, 0.2) is 17.1 Å². The van der Waals surface area contributed by atoms with E-state index in [0.29, 0.717) is 6.54 Å². The van der Waals surface area contributed by atoms with Crippen molar-refractivity contribution in [2.75, 3.05) is 30.4 Å². The molecule has 2 heterocycles. The second kappa shape index (κ2) is 5.64. The Morgan fingerprint density at radius 1 is 1.65 bits per heavy atom. The molecule has 0 aliphatic carbocycles. The van der Waals surface area contributed by atoms with E-state index in [-0.39, 0.29) is 11.7 Å². The number of hydrogen-bond acceptors (Lipinski definition) is 4. The maximum absolute atomic E-state index is 11.8. The van der Waals surface area contributed by atoms with Crippen LogP contribution in [0.2, 0.25) is 0 Å². The second-order valence-electron chi connectivity index (χ2n) is 4.06. The van der Waals surface area contributed by atoms with Gasteiger partial charge in [0.1, 0.15) is 0 Å². The van der Waals surface area contributed by atoms with E-state index >= 15 is 0 Å². The summed E-state index contributed by atoms with van der Waals surface area (Å²) in [5.74, 6) is 0. The van der Waals surface area contributed by atoms with Gasteiger partial charge in [0, 0.05) is 31.6 Å². The zero-order valence-corrected chi connectivity index (χ0v) is 11.4. The molecule has 1 unspecified atom stereocenters. The van der Waals surface area contributed by atoms with Crippen molar-refractivity contribution in [3.8, 4) is 0 Å². The van der Waals surface area contributed by atoms with E-state index in [1.165, 1.54) is 4.68 Å². The van der Waals surface area contributed by atoms with Crippen LogP contribution >= 0.6 is 15.9 Å². The molecule has 1 aliphatic heterocycles. The summed E-state index contributed by atoms with van der Waals surface area (Å²) in [5.41, 5.74) is 0.836. The van der Waals surface area contributed by atoms with Gasteiger partial charge in [-0.05, 0) is 6.42 Å². The number of anilines is 1. The Morgan fingerprint density at radius 2 is 2.47 bits per heavy atom. The minimum absolute atomic E-state index is 0.0529. The number of aryl methyl sites for hydroxylation is 1. The average molecular weight is 302 g/mol. The highest BCUT2D eigenvalue weighted by atomic mass is 79.9. The second-order valence-corrected chi connectivity index (χ2v) is 4.85. The lowest BCUT2D eigenvalue weighted by Crippen LogP contribution is -2.27. The van der Waals surface area contributed by atoms with Crippen LogP contribution in [0, 0.1) is 0 Å². The highest BCUT2D eigenvalue weighted by molar-refractivity contribution is 9.09. The zero-order chi connectivity index (χ0) is 12.3. The van der Waals surface area contributed by atoms with Crippen LogP contribution in [0.5, 0.6) is 0 Å². The highest BCUT2D eigenvalue weighted by Gasteiger charge is 2.22. The predicted molar refractivity (Wildman–Crippen MR) is 69.9 cm³/mol. The molecular weight excluding hydrogens is 286 g/mol. The first-order chi connectivity index (χ1) is 8.24. The summed E-state index contributed by atoms with van der Waals surface area (Å²) in [6.45, 7) is 2.35. The van der Waals surface area contributed by atoms with E-state index in [0.717, 1.165) is 30.5 Å². The molecule has 94 valence electrons. The SMILES string of the molecule is COC1CCN(c2cnn(CCBr)c(=O)c2)C1. The fourth-order valence-corrected chi connectivity index (χ4v) is 2.34. The van der Waals surface area contributed by atoms with Gasteiger partial charge in [0.05, 0.1) is 24.5 Å². The third kappa shape index (κ3) is 2.87. The van der Waals surface area contributed by atoms with Crippen molar-refractivity contribution >= 4 is 21.6 Å². The first kappa shape index (κ1) is 12.6. The number of methoxy groups -OCH3 is 1. The molecule has 2 rings (SSSR count). The van der Waals surface area contributed by atoms with Gasteiger partial charge in [-0.25, -0.2) is 4.68 Å². The first-order valence-electron chi connectivity index (χ1n) is 5.65. The van der Waals surface area contributed by atoms with E-state index in [2.05, 4.69) is 25.9 Å². The Balaban J connectivity index is 2.12. The van der Waals surface area contributed by atoms with Crippen LogP contribution in [-0.4, -0.2) is 41.4 Å². The van der Waals surface area contributed by atoms with Crippen LogP contribution in [0.1, 0.15) is 6.42 Å². The Morgan fingerprint density at radius 3 is 3.06 bits per heavy atom. The van der Waals surface area contributed by atoms with E-state index in [1.807, 2.05) is 0 Å². The van der Waals surface area contributed by atoms with Crippen molar-refractivity contribution in [1.82, 2.24) is 9.78 Å². The van der Waals surface area contributed by atoms with Gasteiger partial charge in [-0.2, -0.15) is 5.10 Å². The first-order valence-corrected chi connectivity index (χ1v) is 6.77. The maximum atomic E-state index is 11.8. The molecule has 0 amide bonds. The molecule has 0 bridgehead atoms. The number of hydrogen-bond donors (Lipinski definition) is 0. The van der Waals surface area contributed by atoms with E-state index in [9.17, 15) is 4.79 Å². The van der Waals surface area contributed by atoms with Crippen LogP contribution in [0.4, 0.5) is 5.69 Å². The smallest absolute Gasteiger partial charge is 0.268 e. The molecule has 0 spiro atoms. The largest absolute Gasteiger partial charge is 0.380 e. The van der Waals surface area contributed by atoms with Crippen molar-refractivity contribution in [3.63, 3.8) is 0 Å². The minimum Gasteiger partial charge on any atom is -0.380 e. The number of nitrogens with zero attached hydrogens (tertiary/aromatic N) is 3. The van der Waals surface area contributed by atoms with Crippen molar-refractivity contribution in [2.24, 2.45) is 0 Å². The number of halogens is 1. The predicted octanol–water partition coefficient (Wildman–Crippen LogP) is 0.863. The fraction of sp³-hybridized carbons (Fsp3) is 0.636. The summed E-state index contributed by atoms with van der Waals surface area (Å²) >= 11 is 3.30. The van der Waals surface area contributed by atoms with Gasteiger partial charge in [-0.3, -0.25) is 4.79 Å². The van der Waals surface area contributed by atoms with Gasteiger partial charge in [-0.1, -0.05) is 15.9 Å². The lowest BCUT2D eigenvalue weighted by Gasteiger charge is -2.17. The number of rotatable bonds is 4. The Kier molecular flexibility index (Phi) is 4.17. The lowest BCUT2D eigenvalue weighted by atomic mass is 10.3. The van der Waals surface area contributed by atoms with Gasteiger partial charge in [0.25, 0.3) is 5.56 Å². The molecule has 0 radical (unpaired) electrons. The van der Waals surface area contributed by atoms with Gasteiger partial charge in [0.15, 0.2) is 0 Å². The molecule has 1 aliphatic rings. The Labute approximate surface area is 109 Å². The third-order valence-electron chi connectivity index (χ3n) is 2.99. The molecule has 1 aromatic rings. The van der Waals surface area contributed by atoms with Gasteiger partial charge in [0.2, 0.25) is 0 Å². The fourth-order valence-electron chi connectivity index (χ4n) is 2.00. The number of aromatic nitrogens is 2. The zero-order valence-electron chi connectivity index (χ0n) is 9.80. The summed E-state index contributed by atoms with van der Waals surface area (Å²) in [4.78, 5) is 13.9. The molecule has 0 N–H and O–H groups in total. The number of alkyl halides is 1. The minimum atomic E-state index is -0.0529. The molecule has 0 aromatic carbocycles. The molecule has 17 heavy (non-hydrogen) atoms. The molecular formula is C11H16BrN3O2. The standard InChI is InChI=1S/C11H16BrN3O2/c1-17-10-2-4-14(8-10)9-6-11(16)15(5-3-12)13-7-9/h6-7,10H,2-5,8H2,1H3. The molecule has 1 fully saturated rings.